The number of aromatic hydroxyl groups is 1. The van der Waals surface area contributed by atoms with E-state index >= 15 is 0 Å². The fourth-order valence-corrected chi connectivity index (χ4v) is 2.31. The monoisotopic (exact) mass is 478 g/mol. The summed E-state index contributed by atoms with van der Waals surface area (Å²) in [5, 5.41) is 13.3. The molecule has 29 heavy (non-hydrogen) atoms. The summed E-state index contributed by atoms with van der Waals surface area (Å²) in [7, 11) is 0. The van der Waals surface area contributed by atoms with Crippen LogP contribution in [0.1, 0.15) is 35.5 Å². The van der Waals surface area contributed by atoms with Crippen molar-refractivity contribution < 1.29 is 37.3 Å². The van der Waals surface area contributed by atoms with Gasteiger partial charge >= 0.3 is 18.1 Å². The van der Waals surface area contributed by atoms with Crippen LogP contribution in [0, 0.1) is 6.92 Å². The van der Waals surface area contributed by atoms with Gasteiger partial charge in [0, 0.05) is 5.56 Å². The Kier molecular flexibility index (Phi) is 6.61. The Balaban J connectivity index is 2.02. The lowest BCUT2D eigenvalue weighted by atomic mass is 10.2. The average molecular weight is 479 g/mol. The van der Waals surface area contributed by atoms with Crippen molar-refractivity contribution in [1.82, 2.24) is 9.78 Å². The number of hydrogen-bond acceptors (Lipinski definition) is 6. The molecule has 0 amide bonds. The highest BCUT2D eigenvalue weighted by molar-refractivity contribution is 9.10. The largest absolute Gasteiger partial charge is 0.493 e. The molecule has 158 valence electrons. The summed E-state index contributed by atoms with van der Waals surface area (Å²) >= 11 is 3.14. The topological polar surface area (TPSA) is 90.7 Å². The van der Waals surface area contributed by atoms with Gasteiger partial charge in [-0.3, -0.25) is 4.79 Å². The van der Waals surface area contributed by atoms with Gasteiger partial charge in [-0.15, -0.1) is 0 Å². The number of halogens is 4. The standard InChI is InChI=1S/C18H18BrF3N2O5/c1-10-13(18(20,21)22)23-24(14(10)25)12-6-4-11(5-7-12)15(26)28-8-9-29-16(27)17(2,3)19/h4-7,25H,8-9H2,1-3H3. The van der Waals surface area contributed by atoms with Crippen molar-refractivity contribution in [2.45, 2.75) is 31.3 Å². The van der Waals surface area contributed by atoms with E-state index in [2.05, 4.69) is 21.0 Å². The summed E-state index contributed by atoms with van der Waals surface area (Å²) in [5.41, 5.74) is -1.34. The molecule has 1 heterocycles. The molecule has 0 radical (unpaired) electrons. The van der Waals surface area contributed by atoms with Crippen LogP contribution in [0.15, 0.2) is 24.3 Å². The third kappa shape index (κ3) is 5.49. The molecular formula is C18H18BrF3N2O5. The molecule has 1 aromatic carbocycles. The summed E-state index contributed by atoms with van der Waals surface area (Å²) in [6, 6.07) is 5.26. The molecule has 1 N–H and O–H groups in total. The Morgan fingerprint density at radius 1 is 1.14 bits per heavy atom. The Morgan fingerprint density at radius 2 is 1.69 bits per heavy atom. The van der Waals surface area contributed by atoms with E-state index in [9.17, 15) is 27.9 Å². The highest BCUT2D eigenvalue weighted by Gasteiger charge is 2.38. The average Bonchev–Trinajstić information content (AvgIpc) is 2.93. The molecule has 0 spiro atoms. The lowest BCUT2D eigenvalue weighted by molar-refractivity contribution is -0.146. The minimum Gasteiger partial charge on any atom is -0.493 e. The number of nitrogens with zero attached hydrogens (tertiary/aromatic N) is 2. The zero-order valence-corrected chi connectivity index (χ0v) is 17.3. The van der Waals surface area contributed by atoms with Crippen LogP contribution in [-0.2, 0) is 20.4 Å². The van der Waals surface area contributed by atoms with Gasteiger partial charge in [-0.2, -0.15) is 18.3 Å². The van der Waals surface area contributed by atoms with Gasteiger partial charge in [-0.25, -0.2) is 9.48 Å². The molecule has 2 rings (SSSR count). The van der Waals surface area contributed by atoms with Crippen molar-refractivity contribution in [3.8, 4) is 11.6 Å². The van der Waals surface area contributed by atoms with Crippen molar-refractivity contribution in [1.29, 1.82) is 0 Å². The number of benzene rings is 1. The Hall–Kier alpha value is -2.56. The summed E-state index contributed by atoms with van der Waals surface area (Å²) < 4.78 is 48.5. The number of hydrogen-bond donors (Lipinski definition) is 1. The number of ether oxygens (including phenoxy) is 2. The van der Waals surface area contributed by atoms with E-state index in [1.54, 1.807) is 13.8 Å². The van der Waals surface area contributed by atoms with Gasteiger partial charge in [-0.05, 0) is 45.0 Å². The fourth-order valence-electron chi connectivity index (χ4n) is 2.20. The van der Waals surface area contributed by atoms with Gasteiger partial charge in [0.15, 0.2) is 5.69 Å². The first-order valence-corrected chi connectivity index (χ1v) is 9.11. The molecule has 0 fully saturated rings. The predicted octanol–water partition coefficient (Wildman–Crippen LogP) is 3.78. The number of carbonyl (C=O) groups is 2. The van der Waals surface area contributed by atoms with E-state index in [1.807, 2.05) is 0 Å². The number of alkyl halides is 4. The molecule has 0 aliphatic rings. The van der Waals surface area contributed by atoms with Crippen LogP contribution >= 0.6 is 15.9 Å². The van der Waals surface area contributed by atoms with Crippen LogP contribution in [0.3, 0.4) is 0 Å². The minimum atomic E-state index is -4.70. The second-order valence-corrected chi connectivity index (χ2v) is 8.48. The van der Waals surface area contributed by atoms with E-state index in [-0.39, 0.29) is 24.5 Å². The maximum absolute atomic E-state index is 12.9. The highest BCUT2D eigenvalue weighted by atomic mass is 79.9. The minimum absolute atomic E-state index is 0.125. The van der Waals surface area contributed by atoms with E-state index < -0.39 is 39.6 Å². The Labute approximate surface area is 172 Å². The van der Waals surface area contributed by atoms with E-state index in [4.69, 9.17) is 9.47 Å². The summed E-state index contributed by atoms with van der Waals surface area (Å²) in [5.74, 6) is -1.86. The first-order chi connectivity index (χ1) is 13.3. The van der Waals surface area contributed by atoms with Crippen LogP contribution in [0.4, 0.5) is 13.2 Å². The Bertz CT molecular complexity index is 902. The van der Waals surface area contributed by atoms with E-state index in [1.165, 1.54) is 24.3 Å². The molecule has 7 nitrogen and oxygen atoms in total. The zero-order valence-electron chi connectivity index (χ0n) is 15.7. The van der Waals surface area contributed by atoms with Crippen LogP contribution in [0.2, 0.25) is 0 Å². The molecule has 0 saturated heterocycles. The molecular weight excluding hydrogens is 461 g/mol. The Morgan fingerprint density at radius 3 is 2.17 bits per heavy atom. The first kappa shape index (κ1) is 22.7. The summed E-state index contributed by atoms with van der Waals surface area (Å²) in [6.07, 6.45) is -4.70. The van der Waals surface area contributed by atoms with Gasteiger partial charge in [0.25, 0.3) is 0 Å². The predicted molar refractivity (Wildman–Crippen MR) is 99.2 cm³/mol. The van der Waals surface area contributed by atoms with Crippen molar-refractivity contribution in [2.24, 2.45) is 0 Å². The van der Waals surface area contributed by atoms with Gasteiger partial charge in [0.05, 0.1) is 11.3 Å². The quantitative estimate of drug-likeness (QED) is 0.386. The van der Waals surface area contributed by atoms with Crippen molar-refractivity contribution in [3.63, 3.8) is 0 Å². The maximum atomic E-state index is 12.9. The lowest BCUT2D eigenvalue weighted by Crippen LogP contribution is -2.28. The molecule has 0 bridgehead atoms. The van der Waals surface area contributed by atoms with Crippen molar-refractivity contribution in [2.75, 3.05) is 13.2 Å². The third-order valence-electron chi connectivity index (χ3n) is 3.74. The van der Waals surface area contributed by atoms with Gasteiger partial charge < -0.3 is 14.6 Å². The van der Waals surface area contributed by atoms with Crippen LogP contribution in [0.25, 0.3) is 5.69 Å². The van der Waals surface area contributed by atoms with E-state index in [0.29, 0.717) is 0 Å². The summed E-state index contributed by atoms with van der Waals surface area (Å²) in [6.45, 7) is 4.04. The molecule has 1 aromatic heterocycles. The molecule has 11 heteroatoms. The molecule has 0 aliphatic heterocycles. The smallest absolute Gasteiger partial charge is 0.435 e. The maximum Gasteiger partial charge on any atom is 0.435 e. The van der Waals surface area contributed by atoms with Crippen LogP contribution < -0.4 is 0 Å². The van der Waals surface area contributed by atoms with E-state index in [0.717, 1.165) is 11.6 Å². The zero-order chi connectivity index (χ0) is 22.0. The molecule has 0 aliphatic carbocycles. The normalized spacial score (nSPS) is 12.0. The van der Waals surface area contributed by atoms with Crippen molar-refractivity contribution in [3.05, 3.63) is 41.1 Å². The molecule has 2 aromatic rings. The number of esters is 2. The molecule has 0 atom stereocenters. The molecule has 0 unspecified atom stereocenters. The number of carbonyl (C=O) groups excluding carboxylic acids is 2. The third-order valence-corrected chi connectivity index (χ3v) is 4.07. The van der Waals surface area contributed by atoms with Gasteiger partial charge in [-0.1, -0.05) is 15.9 Å². The first-order valence-electron chi connectivity index (χ1n) is 8.32. The van der Waals surface area contributed by atoms with Crippen molar-refractivity contribution >= 4 is 27.9 Å². The second-order valence-electron chi connectivity index (χ2n) is 6.50. The number of rotatable bonds is 6. The van der Waals surface area contributed by atoms with Crippen LogP contribution in [-0.4, -0.2) is 44.4 Å². The molecule has 0 saturated carbocycles. The lowest BCUT2D eigenvalue weighted by Gasteiger charge is -2.14. The SMILES string of the molecule is Cc1c(C(F)(F)F)nn(-c2ccc(C(=O)OCCOC(=O)C(C)(C)Br)cc2)c1O. The second kappa shape index (κ2) is 8.44. The number of aromatic nitrogens is 2. The summed E-state index contributed by atoms with van der Waals surface area (Å²) in [4.78, 5) is 23.6. The van der Waals surface area contributed by atoms with Crippen LogP contribution in [0.5, 0.6) is 5.88 Å². The fraction of sp³-hybridized carbons (Fsp3) is 0.389. The van der Waals surface area contributed by atoms with Gasteiger partial charge in [0.1, 0.15) is 17.5 Å². The highest BCUT2D eigenvalue weighted by Crippen LogP contribution is 2.35. The van der Waals surface area contributed by atoms with Gasteiger partial charge in [0.2, 0.25) is 5.88 Å².